The van der Waals surface area contributed by atoms with E-state index < -0.39 is 0 Å². The highest BCUT2D eigenvalue weighted by atomic mass is 16.3. The Morgan fingerprint density at radius 1 is 1.45 bits per heavy atom. The van der Waals surface area contributed by atoms with Gasteiger partial charge in [-0.2, -0.15) is 0 Å². The van der Waals surface area contributed by atoms with Gasteiger partial charge in [-0.3, -0.25) is 4.79 Å². The lowest BCUT2D eigenvalue weighted by atomic mass is 9.83. The van der Waals surface area contributed by atoms with Crippen molar-refractivity contribution in [3.05, 3.63) is 36.1 Å². The molecule has 0 bridgehead atoms. The molecule has 20 heavy (non-hydrogen) atoms. The van der Waals surface area contributed by atoms with Gasteiger partial charge < -0.3 is 15.1 Å². The number of amides is 1. The van der Waals surface area contributed by atoms with E-state index in [1.165, 1.54) is 6.42 Å². The van der Waals surface area contributed by atoms with Gasteiger partial charge in [0.05, 0.1) is 5.56 Å². The summed E-state index contributed by atoms with van der Waals surface area (Å²) in [4.78, 5) is 12.3. The first-order valence-corrected chi connectivity index (χ1v) is 7.13. The van der Waals surface area contributed by atoms with E-state index in [9.17, 15) is 4.79 Å². The van der Waals surface area contributed by atoms with Crippen LogP contribution in [0.25, 0.3) is 11.0 Å². The van der Waals surface area contributed by atoms with Crippen molar-refractivity contribution in [2.75, 3.05) is 19.6 Å². The fourth-order valence-corrected chi connectivity index (χ4v) is 2.81. The van der Waals surface area contributed by atoms with Gasteiger partial charge in [0.1, 0.15) is 11.8 Å². The zero-order valence-corrected chi connectivity index (χ0v) is 11.7. The average Bonchev–Trinajstić information content (AvgIpc) is 2.90. The van der Waals surface area contributed by atoms with Crippen LogP contribution in [-0.4, -0.2) is 25.5 Å². The highest BCUT2D eigenvalue weighted by Gasteiger charge is 2.27. The van der Waals surface area contributed by atoms with E-state index in [-0.39, 0.29) is 11.3 Å². The predicted octanol–water partition coefficient (Wildman–Crippen LogP) is 2.55. The summed E-state index contributed by atoms with van der Waals surface area (Å²) < 4.78 is 5.41. The van der Waals surface area contributed by atoms with Crippen molar-refractivity contribution >= 4 is 16.9 Å². The number of para-hydroxylation sites is 1. The summed E-state index contributed by atoms with van der Waals surface area (Å²) in [7, 11) is 0. The molecule has 1 saturated heterocycles. The number of furan rings is 1. The van der Waals surface area contributed by atoms with Crippen molar-refractivity contribution in [1.82, 2.24) is 10.6 Å². The fourth-order valence-electron chi connectivity index (χ4n) is 2.81. The number of benzene rings is 1. The third-order valence-corrected chi connectivity index (χ3v) is 4.09. The summed E-state index contributed by atoms with van der Waals surface area (Å²) in [6.45, 7) is 4.95. The second-order valence-corrected chi connectivity index (χ2v) is 5.92. The summed E-state index contributed by atoms with van der Waals surface area (Å²) >= 11 is 0. The number of piperidine rings is 1. The SMILES string of the molecule is CC1(CNC(=O)c2coc3ccccc23)CCCNC1. The average molecular weight is 272 g/mol. The molecule has 1 unspecified atom stereocenters. The summed E-state index contributed by atoms with van der Waals surface area (Å²) in [5.41, 5.74) is 1.52. The van der Waals surface area contributed by atoms with E-state index in [1.54, 1.807) is 6.26 Å². The number of fused-ring (bicyclic) bond motifs is 1. The molecule has 1 atom stereocenters. The highest BCUT2D eigenvalue weighted by molar-refractivity contribution is 6.05. The Labute approximate surface area is 118 Å². The van der Waals surface area contributed by atoms with E-state index in [0.717, 1.165) is 30.5 Å². The van der Waals surface area contributed by atoms with Crippen LogP contribution in [0.2, 0.25) is 0 Å². The van der Waals surface area contributed by atoms with Gasteiger partial charge in [0, 0.05) is 18.5 Å². The smallest absolute Gasteiger partial charge is 0.255 e. The molecule has 0 radical (unpaired) electrons. The molecule has 3 rings (SSSR count). The lowest BCUT2D eigenvalue weighted by molar-refractivity contribution is 0.0925. The Hall–Kier alpha value is -1.81. The normalized spacial score (nSPS) is 22.9. The molecule has 2 heterocycles. The van der Waals surface area contributed by atoms with Crippen LogP contribution in [-0.2, 0) is 0 Å². The molecule has 1 fully saturated rings. The Morgan fingerprint density at radius 3 is 3.10 bits per heavy atom. The van der Waals surface area contributed by atoms with Crippen LogP contribution in [0.5, 0.6) is 0 Å². The molecule has 1 aliphatic heterocycles. The van der Waals surface area contributed by atoms with E-state index in [1.807, 2.05) is 24.3 Å². The number of carbonyl (C=O) groups excluding carboxylic acids is 1. The monoisotopic (exact) mass is 272 g/mol. The molecule has 1 amide bonds. The molecule has 1 aliphatic rings. The summed E-state index contributed by atoms with van der Waals surface area (Å²) in [6.07, 6.45) is 3.86. The van der Waals surface area contributed by atoms with E-state index in [0.29, 0.717) is 12.1 Å². The lowest BCUT2D eigenvalue weighted by Gasteiger charge is -2.34. The molecule has 0 spiro atoms. The van der Waals surface area contributed by atoms with Crippen molar-refractivity contribution in [3.63, 3.8) is 0 Å². The van der Waals surface area contributed by atoms with Gasteiger partial charge in [-0.1, -0.05) is 25.1 Å². The molecule has 2 N–H and O–H groups in total. The maximum atomic E-state index is 12.3. The van der Waals surface area contributed by atoms with E-state index in [2.05, 4.69) is 17.6 Å². The van der Waals surface area contributed by atoms with Gasteiger partial charge in [-0.15, -0.1) is 0 Å². The van der Waals surface area contributed by atoms with Crippen LogP contribution in [0.15, 0.2) is 34.9 Å². The molecule has 4 nitrogen and oxygen atoms in total. The summed E-state index contributed by atoms with van der Waals surface area (Å²) in [5.74, 6) is -0.0539. The van der Waals surface area contributed by atoms with Gasteiger partial charge in [0.25, 0.3) is 5.91 Å². The highest BCUT2D eigenvalue weighted by Crippen LogP contribution is 2.25. The minimum atomic E-state index is -0.0539. The second kappa shape index (κ2) is 5.29. The third-order valence-electron chi connectivity index (χ3n) is 4.09. The molecule has 106 valence electrons. The first-order chi connectivity index (χ1) is 9.68. The van der Waals surface area contributed by atoms with Crippen molar-refractivity contribution in [2.45, 2.75) is 19.8 Å². The molecular weight excluding hydrogens is 252 g/mol. The predicted molar refractivity (Wildman–Crippen MR) is 78.8 cm³/mol. The van der Waals surface area contributed by atoms with Gasteiger partial charge in [0.2, 0.25) is 0 Å². The molecule has 0 aliphatic carbocycles. The molecule has 1 aromatic heterocycles. The molecule has 1 aromatic carbocycles. The Bertz CT molecular complexity index is 612. The van der Waals surface area contributed by atoms with Crippen LogP contribution < -0.4 is 10.6 Å². The van der Waals surface area contributed by atoms with Gasteiger partial charge in [-0.25, -0.2) is 0 Å². The maximum Gasteiger partial charge on any atom is 0.255 e. The number of hydrogen-bond acceptors (Lipinski definition) is 3. The van der Waals surface area contributed by atoms with E-state index in [4.69, 9.17) is 4.42 Å². The van der Waals surface area contributed by atoms with E-state index >= 15 is 0 Å². The number of carbonyl (C=O) groups is 1. The number of nitrogens with one attached hydrogen (secondary N) is 2. The van der Waals surface area contributed by atoms with Crippen LogP contribution >= 0.6 is 0 Å². The summed E-state index contributed by atoms with van der Waals surface area (Å²) in [6, 6.07) is 7.61. The first kappa shape index (κ1) is 13.2. The van der Waals surface area contributed by atoms with Gasteiger partial charge in [0.15, 0.2) is 0 Å². The van der Waals surface area contributed by atoms with Gasteiger partial charge >= 0.3 is 0 Å². The van der Waals surface area contributed by atoms with Crippen molar-refractivity contribution in [1.29, 1.82) is 0 Å². The fraction of sp³-hybridized carbons (Fsp3) is 0.438. The standard InChI is InChI=1S/C16H20N2O2/c1-16(7-4-8-17-10-16)11-18-15(19)13-9-20-14-6-3-2-5-12(13)14/h2-3,5-6,9,17H,4,7-8,10-11H2,1H3,(H,18,19). The Balaban J connectivity index is 1.70. The Kier molecular flexibility index (Phi) is 3.49. The lowest BCUT2D eigenvalue weighted by Crippen LogP contribution is -2.45. The van der Waals surface area contributed by atoms with Crippen LogP contribution in [0.1, 0.15) is 30.1 Å². The third kappa shape index (κ3) is 2.56. The zero-order chi connectivity index (χ0) is 14.0. The molecule has 4 heteroatoms. The van der Waals surface area contributed by atoms with Crippen molar-refractivity contribution in [2.24, 2.45) is 5.41 Å². The second-order valence-electron chi connectivity index (χ2n) is 5.92. The molecule has 2 aromatic rings. The quantitative estimate of drug-likeness (QED) is 0.903. The zero-order valence-electron chi connectivity index (χ0n) is 11.7. The molecule has 0 saturated carbocycles. The van der Waals surface area contributed by atoms with Crippen LogP contribution in [0.4, 0.5) is 0 Å². The number of rotatable bonds is 3. The topological polar surface area (TPSA) is 54.3 Å². The van der Waals surface area contributed by atoms with Crippen LogP contribution in [0.3, 0.4) is 0 Å². The largest absolute Gasteiger partial charge is 0.463 e. The van der Waals surface area contributed by atoms with Crippen molar-refractivity contribution in [3.8, 4) is 0 Å². The maximum absolute atomic E-state index is 12.3. The first-order valence-electron chi connectivity index (χ1n) is 7.13. The summed E-state index contributed by atoms with van der Waals surface area (Å²) in [5, 5.41) is 7.31. The van der Waals surface area contributed by atoms with Crippen molar-refractivity contribution < 1.29 is 9.21 Å². The Morgan fingerprint density at radius 2 is 2.30 bits per heavy atom. The number of hydrogen-bond donors (Lipinski definition) is 2. The molecular formula is C16H20N2O2. The van der Waals surface area contributed by atoms with Crippen LogP contribution in [0, 0.1) is 5.41 Å². The minimum Gasteiger partial charge on any atom is -0.463 e. The van der Waals surface area contributed by atoms with Gasteiger partial charge in [-0.05, 0) is 30.9 Å². The minimum absolute atomic E-state index is 0.0539.